The van der Waals surface area contributed by atoms with Gasteiger partial charge in [-0.1, -0.05) is 0 Å². The maximum atomic E-state index is 10.9. The van der Waals surface area contributed by atoms with Crippen molar-refractivity contribution < 1.29 is 9.84 Å². The Morgan fingerprint density at radius 1 is 1.41 bits per heavy atom. The predicted octanol–water partition coefficient (Wildman–Crippen LogP) is 1.67. The minimum absolute atomic E-state index is 0.517. The van der Waals surface area contributed by atoms with Gasteiger partial charge in [0.25, 0.3) is 0 Å². The number of aromatic nitrogens is 1. The van der Waals surface area contributed by atoms with E-state index in [0.29, 0.717) is 6.04 Å². The molecule has 0 aliphatic carbocycles. The van der Waals surface area contributed by atoms with Crippen LogP contribution in [0.3, 0.4) is 0 Å². The van der Waals surface area contributed by atoms with E-state index in [-0.39, 0.29) is 0 Å². The van der Waals surface area contributed by atoms with Crippen molar-refractivity contribution in [3.05, 3.63) is 16.1 Å². The van der Waals surface area contributed by atoms with E-state index in [4.69, 9.17) is 9.72 Å². The number of likely N-dealkylation sites (tertiary alicyclic amines) is 2. The van der Waals surface area contributed by atoms with Crippen molar-refractivity contribution in [3.63, 3.8) is 0 Å². The molecular weight excluding hydrogens is 298 g/mol. The van der Waals surface area contributed by atoms with Crippen molar-refractivity contribution in [2.45, 2.75) is 43.9 Å². The van der Waals surface area contributed by atoms with Gasteiger partial charge in [0.05, 0.1) is 18.8 Å². The highest BCUT2D eigenvalue weighted by molar-refractivity contribution is 7.09. The zero-order valence-corrected chi connectivity index (χ0v) is 14.4. The number of hydrogen-bond acceptors (Lipinski definition) is 6. The Kier molecular flexibility index (Phi) is 5.14. The Morgan fingerprint density at radius 2 is 2.18 bits per heavy atom. The smallest absolute Gasteiger partial charge is 0.110 e. The second-order valence-electron chi connectivity index (χ2n) is 6.68. The number of nitrogens with zero attached hydrogens (tertiary/aromatic N) is 3. The van der Waals surface area contributed by atoms with Crippen LogP contribution < -0.4 is 0 Å². The van der Waals surface area contributed by atoms with Crippen molar-refractivity contribution in [2.75, 3.05) is 40.4 Å². The first-order chi connectivity index (χ1) is 10.6. The number of piperidine rings is 1. The van der Waals surface area contributed by atoms with Gasteiger partial charge in [-0.15, -0.1) is 11.3 Å². The molecule has 5 nitrogen and oxygen atoms in total. The molecule has 0 unspecified atom stereocenters. The molecule has 2 aliphatic rings. The van der Waals surface area contributed by atoms with Crippen molar-refractivity contribution in [1.29, 1.82) is 0 Å². The van der Waals surface area contributed by atoms with Gasteiger partial charge in [-0.25, -0.2) is 4.98 Å². The van der Waals surface area contributed by atoms with E-state index in [0.717, 1.165) is 56.3 Å². The molecule has 0 radical (unpaired) electrons. The normalized spacial score (nSPS) is 26.6. The maximum Gasteiger partial charge on any atom is 0.110 e. The molecule has 2 aliphatic heterocycles. The molecule has 124 valence electrons. The summed E-state index contributed by atoms with van der Waals surface area (Å²) in [4.78, 5) is 9.48. The Labute approximate surface area is 136 Å². The van der Waals surface area contributed by atoms with Gasteiger partial charge in [0.1, 0.15) is 10.6 Å². The molecule has 6 heteroatoms. The Morgan fingerprint density at radius 3 is 2.91 bits per heavy atom. The van der Waals surface area contributed by atoms with E-state index >= 15 is 0 Å². The van der Waals surface area contributed by atoms with Crippen LogP contribution >= 0.6 is 11.3 Å². The van der Waals surface area contributed by atoms with Gasteiger partial charge < -0.3 is 14.7 Å². The van der Waals surface area contributed by atoms with Crippen LogP contribution in [-0.4, -0.2) is 66.3 Å². The third-order valence-electron chi connectivity index (χ3n) is 5.04. The molecule has 0 bridgehead atoms. The molecule has 2 fully saturated rings. The van der Waals surface area contributed by atoms with Crippen LogP contribution in [0.25, 0.3) is 0 Å². The highest BCUT2D eigenvalue weighted by atomic mass is 32.1. The summed E-state index contributed by atoms with van der Waals surface area (Å²) in [5, 5.41) is 14.0. The molecule has 3 heterocycles. The number of hydrogen-bond donors (Lipinski definition) is 1. The fourth-order valence-corrected chi connectivity index (χ4v) is 4.41. The topological polar surface area (TPSA) is 48.8 Å². The molecule has 2 saturated heterocycles. The second-order valence-corrected chi connectivity index (χ2v) is 7.63. The molecule has 22 heavy (non-hydrogen) atoms. The highest BCUT2D eigenvalue weighted by Crippen LogP contribution is 2.33. The fraction of sp³-hybridized carbons (Fsp3) is 0.812. The molecule has 1 atom stereocenters. The average molecular weight is 325 g/mol. The van der Waals surface area contributed by atoms with Gasteiger partial charge in [0.15, 0.2) is 0 Å². The van der Waals surface area contributed by atoms with Crippen molar-refractivity contribution in [3.8, 4) is 0 Å². The molecule has 1 N–H and O–H groups in total. The number of rotatable bonds is 5. The monoisotopic (exact) mass is 325 g/mol. The number of thiazole rings is 1. The van der Waals surface area contributed by atoms with E-state index in [9.17, 15) is 5.11 Å². The van der Waals surface area contributed by atoms with Gasteiger partial charge in [-0.2, -0.15) is 0 Å². The number of methoxy groups -OCH3 is 1. The van der Waals surface area contributed by atoms with Gasteiger partial charge in [0, 0.05) is 31.6 Å². The lowest BCUT2D eigenvalue weighted by Crippen LogP contribution is -2.41. The SMILES string of the molecule is COC[C@H]1CCCN1Cc1nc(C2(O)CCN(C)CC2)cs1. The third kappa shape index (κ3) is 3.51. The summed E-state index contributed by atoms with van der Waals surface area (Å²) in [6.07, 6.45) is 4.01. The molecule has 0 saturated carbocycles. The van der Waals surface area contributed by atoms with Gasteiger partial charge in [0.2, 0.25) is 0 Å². The van der Waals surface area contributed by atoms with Gasteiger partial charge >= 0.3 is 0 Å². The molecule has 0 spiro atoms. The summed E-state index contributed by atoms with van der Waals surface area (Å²) in [7, 11) is 3.88. The molecule has 3 rings (SSSR count). The van der Waals surface area contributed by atoms with Crippen LogP contribution in [0.2, 0.25) is 0 Å². The second kappa shape index (κ2) is 6.93. The number of ether oxygens (including phenoxy) is 1. The summed E-state index contributed by atoms with van der Waals surface area (Å²) in [6.45, 7) is 4.68. The first kappa shape index (κ1) is 16.3. The zero-order valence-electron chi connectivity index (χ0n) is 13.6. The summed E-state index contributed by atoms with van der Waals surface area (Å²) < 4.78 is 5.32. The summed E-state index contributed by atoms with van der Waals surface area (Å²) in [6, 6.07) is 0.517. The minimum Gasteiger partial charge on any atom is -0.383 e. The third-order valence-corrected chi connectivity index (χ3v) is 5.87. The first-order valence-electron chi connectivity index (χ1n) is 8.19. The standard InChI is InChI=1S/C16H27N3O2S/c1-18-8-5-16(20,6-9-18)14-12-22-15(17-14)10-19-7-3-4-13(19)11-21-2/h12-13,20H,3-11H2,1-2H3/t13-/m1/s1. The minimum atomic E-state index is -0.724. The summed E-state index contributed by atoms with van der Waals surface area (Å²) in [5.74, 6) is 0. The predicted molar refractivity (Wildman–Crippen MR) is 88.0 cm³/mol. The van der Waals surface area contributed by atoms with Crippen LogP contribution in [-0.2, 0) is 16.9 Å². The fourth-order valence-electron chi connectivity index (χ4n) is 3.50. The van der Waals surface area contributed by atoms with Gasteiger partial charge in [-0.3, -0.25) is 4.90 Å². The summed E-state index contributed by atoms with van der Waals surface area (Å²) >= 11 is 1.68. The molecule has 0 amide bonds. The Bertz CT molecular complexity index is 485. The molecule has 0 aromatic carbocycles. The van der Waals surface area contributed by atoms with Crippen molar-refractivity contribution in [1.82, 2.24) is 14.8 Å². The summed E-state index contributed by atoms with van der Waals surface area (Å²) in [5.41, 5.74) is 0.154. The largest absolute Gasteiger partial charge is 0.383 e. The quantitative estimate of drug-likeness (QED) is 0.892. The van der Waals surface area contributed by atoms with Crippen LogP contribution in [0.5, 0.6) is 0 Å². The first-order valence-corrected chi connectivity index (χ1v) is 9.07. The molecular formula is C16H27N3O2S. The van der Waals surface area contributed by atoms with E-state index < -0.39 is 5.60 Å². The van der Waals surface area contributed by atoms with E-state index in [1.165, 1.54) is 12.8 Å². The van der Waals surface area contributed by atoms with E-state index in [1.807, 2.05) is 0 Å². The lowest BCUT2D eigenvalue weighted by Gasteiger charge is -2.35. The van der Waals surface area contributed by atoms with E-state index in [2.05, 4.69) is 22.2 Å². The van der Waals surface area contributed by atoms with Crippen LogP contribution in [0.15, 0.2) is 5.38 Å². The average Bonchev–Trinajstić information content (AvgIpc) is 3.14. The zero-order chi connectivity index (χ0) is 15.6. The van der Waals surface area contributed by atoms with Crippen LogP contribution in [0.1, 0.15) is 36.4 Å². The lowest BCUT2D eigenvalue weighted by molar-refractivity contribution is -0.0235. The maximum absolute atomic E-state index is 10.9. The van der Waals surface area contributed by atoms with Crippen LogP contribution in [0, 0.1) is 0 Å². The van der Waals surface area contributed by atoms with E-state index in [1.54, 1.807) is 18.4 Å². The highest BCUT2D eigenvalue weighted by Gasteiger charge is 2.35. The van der Waals surface area contributed by atoms with Crippen LogP contribution in [0.4, 0.5) is 0 Å². The Balaban J connectivity index is 1.64. The lowest BCUT2D eigenvalue weighted by atomic mass is 9.89. The Hall–Kier alpha value is -0.530. The molecule has 1 aromatic rings. The van der Waals surface area contributed by atoms with Crippen molar-refractivity contribution in [2.24, 2.45) is 0 Å². The number of aliphatic hydroxyl groups is 1. The van der Waals surface area contributed by atoms with Gasteiger partial charge in [-0.05, 0) is 39.3 Å². The molecule has 1 aromatic heterocycles. The van der Waals surface area contributed by atoms with Crippen molar-refractivity contribution >= 4 is 11.3 Å².